The molecule has 2 aromatic rings. The SMILES string of the molecule is Nc1c(S)cc([N+](=O)[O-])c2ccsc12. The van der Waals surface area contributed by atoms with Gasteiger partial charge >= 0.3 is 0 Å². The minimum atomic E-state index is -0.422. The third-order valence-electron chi connectivity index (χ3n) is 1.93. The topological polar surface area (TPSA) is 69.2 Å². The molecule has 0 saturated carbocycles. The van der Waals surface area contributed by atoms with Crippen molar-refractivity contribution in [1.29, 1.82) is 0 Å². The van der Waals surface area contributed by atoms with Crippen LogP contribution in [-0.4, -0.2) is 4.92 Å². The Labute approximate surface area is 88.9 Å². The van der Waals surface area contributed by atoms with Crippen LogP contribution in [0.25, 0.3) is 10.1 Å². The zero-order valence-electron chi connectivity index (χ0n) is 6.93. The fourth-order valence-corrected chi connectivity index (χ4v) is 2.46. The zero-order chi connectivity index (χ0) is 10.3. The highest BCUT2D eigenvalue weighted by Crippen LogP contribution is 2.37. The maximum atomic E-state index is 10.7. The van der Waals surface area contributed by atoms with Crippen molar-refractivity contribution >= 4 is 45.4 Å². The average molecular weight is 226 g/mol. The molecule has 14 heavy (non-hydrogen) atoms. The highest BCUT2D eigenvalue weighted by atomic mass is 32.1. The van der Waals surface area contributed by atoms with Gasteiger partial charge in [-0.25, -0.2) is 0 Å². The predicted octanol–water partition coefficient (Wildman–Crippen LogP) is 2.68. The Morgan fingerprint density at radius 1 is 1.57 bits per heavy atom. The molecule has 0 radical (unpaired) electrons. The van der Waals surface area contributed by atoms with Crippen LogP contribution in [-0.2, 0) is 0 Å². The van der Waals surface area contributed by atoms with Gasteiger partial charge in [-0.2, -0.15) is 0 Å². The van der Waals surface area contributed by atoms with Crippen molar-refractivity contribution in [3.63, 3.8) is 0 Å². The molecule has 1 aromatic carbocycles. The number of hydrogen-bond donors (Lipinski definition) is 2. The molecular weight excluding hydrogens is 220 g/mol. The van der Waals surface area contributed by atoms with E-state index in [1.807, 2.05) is 0 Å². The Kier molecular flexibility index (Phi) is 2.09. The Morgan fingerprint density at radius 2 is 2.29 bits per heavy atom. The second kappa shape index (κ2) is 3.14. The predicted molar refractivity (Wildman–Crippen MR) is 60.1 cm³/mol. The summed E-state index contributed by atoms with van der Waals surface area (Å²) in [4.78, 5) is 10.7. The molecule has 1 aromatic heterocycles. The van der Waals surface area contributed by atoms with Gasteiger partial charge in [-0.1, -0.05) is 0 Å². The third kappa shape index (κ3) is 1.23. The van der Waals surface area contributed by atoms with Gasteiger partial charge in [0.15, 0.2) is 0 Å². The van der Waals surface area contributed by atoms with Gasteiger partial charge in [0.25, 0.3) is 5.69 Å². The minimum Gasteiger partial charge on any atom is -0.397 e. The van der Waals surface area contributed by atoms with Crippen molar-refractivity contribution in [1.82, 2.24) is 0 Å². The van der Waals surface area contributed by atoms with Crippen LogP contribution >= 0.6 is 24.0 Å². The smallest absolute Gasteiger partial charge is 0.279 e. The Morgan fingerprint density at radius 3 is 2.93 bits per heavy atom. The Bertz CT molecular complexity index is 521. The molecule has 0 aliphatic carbocycles. The lowest BCUT2D eigenvalue weighted by atomic mass is 10.2. The van der Waals surface area contributed by atoms with E-state index in [2.05, 4.69) is 12.6 Å². The van der Waals surface area contributed by atoms with E-state index in [0.29, 0.717) is 16.0 Å². The van der Waals surface area contributed by atoms with Gasteiger partial charge in [0.05, 0.1) is 20.7 Å². The van der Waals surface area contributed by atoms with E-state index < -0.39 is 4.92 Å². The average Bonchev–Trinajstić information content (AvgIpc) is 2.59. The number of hydrogen-bond acceptors (Lipinski definition) is 5. The van der Waals surface area contributed by atoms with Crippen LogP contribution in [0.3, 0.4) is 0 Å². The summed E-state index contributed by atoms with van der Waals surface area (Å²) < 4.78 is 0.726. The van der Waals surface area contributed by atoms with E-state index in [4.69, 9.17) is 5.73 Å². The summed E-state index contributed by atoms with van der Waals surface area (Å²) in [6.45, 7) is 0. The van der Waals surface area contributed by atoms with E-state index in [1.54, 1.807) is 11.4 Å². The van der Waals surface area contributed by atoms with Gasteiger partial charge in [-0.05, 0) is 11.4 Å². The van der Waals surface area contributed by atoms with Gasteiger partial charge < -0.3 is 5.73 Å². The number of non-ortho nitro benzene ring substituents is 1. The Hall–Kier alpha value is -1.27. The number of fused-ring (bicyclic) bond motifs is 1. The van der Waals surface area contributed by atoms with Gasteiger partial charge in [-0.15, -0.1) is 24.0 Å². The summed E-state index contributed by atoms with van der Waals surface area (Å²) in [5, 5.41) is 13.1. The standard InChI is InChI=1S/C8H6N2O2S2/c9-7-6(13)3-5(10(11)12)4-1-2-14-8(4)7/h1-3,13H,9H2. The second-order valence-electron chi connectivity index (χ2n) is 2.75. The van der Waals surface area contributed by atoms with Gasteiger partial charge in [0.2, 0.25) is 0 Å². The maximum Gasteiger partial charge on any atom is 0.279 e. The molecule has 0 aliphatic rings. The fourth-order valence-electron chi connectivity index (χ4n) is 1.27. The zero-order valence-corrected chi connectivity index (χ0v) is 8.64. The van der Waals surface area contributed by atoms with Crippen LogP contribution in [0.4, 0.5) is 11.4 Å². The minimum absolute atomic E-state index is 0.0560. The number of anilines is 1. The first-order valence-corrected chi connectivity index (χ1v) is 5.07. The molecule has 2 rings (SSSR count). The molecule has 0 amide bonds. The number of thiophene rings is 1. The lowest BCUT2D eigenvalue weighted by Crippen LogP contribution is -1.92. The van der Waals surface area contributed by atoms with Crippen LogP contribution in [0.15, 0.2) is 22.4 Å². The van der Waals surface area contributed by atoms with E-state index in [0.717, 1.165) is 4.70 Å². The van der Waals surface area contributed by atoms with Crippen molar-refractivity contribution in [2.45, 2.75) is 4.90 Å². The van der Waals surface area contributed by atoms with Crippen molar-refractivity contribution in [3.8, 4) is 0 Å². The summed E-state index contributed by atoms with van der Waals surface area (Å²) >= 11 is 5.47. The molecule has 0 aliphatic heterocycles. The van der Waals surface area contributed by atoms with Crippen molar-refractivity contribution in [3.05, 3.63) is 27.6 Å². The lowest BCUT2D eigenvalue weighted by molar-refractivity contribution is -0.383. The van der Waals surface area contributed by atoms with E-state index in [1.165, 1.54) is 17.4 Å². The molecular formula is C8H6N2O2S2. The molecule has 0 spiro atoms. The fraction of sp³-hybridized carbons (Fsp3) is 0. The molecule has 0 unspecified atom stereocenters. The number of nitrogen functional groups attached to an aromatic ring is 1. The number of nitrogens with two attached hydrogens (primary N) is 1. The van der Waals surface area contributed by atoms with Crippen LogP contribution in [0.1, 0.15) is 0 Å². The Balaban J connectivity index is 2.91. The molecule has 0 bridgehead atoms. The maximum absolute atomic E-state index is 10.7. The molecule has 72 valence electrons. The molecule has 1 heterocycles. The van der Waals surface area contributed by atoms with Gasteiger partial charge in [0.1, 0.15) is 0 Å². The number of nitrogens with zero attached hydrogens (tertiary/aromatic N) is 1. The number of nitro benzene ring substituents is 1. The second-order valence-corrected chi connectivity index (χ2v) is 4.15. The quantitative estimate of drug-likeness (QED) is 0.340. The van der Waals surface area contributed by atoms with Crippen molar-refractivity contribution in [2.24, 2.45) is 0 Å². The summed E-state index contributed by atoms with van der Waals surface area (Å²) in [5.74, 6) is 0. The lowest BCUT2D eigenvalue weighted by Gasteiger charge is -2.01. The normalized spacial score (nSPS) is 10.6. The molecule has 0 fully saturated rings. The molecule has 4 nitrogen and oxygen atoms in total. The summed E-state index contributed by atoms with van der Waals surface area (Å²) in [6.07, 6.45) is 0. The van der Waals surface area contributed by atoms with Crippen molar-refractivity contribution in [2.75, 3.05) is 5.73 Å². The largest absolute Gasteiger partial charge is 0.397 e. The first-order chi connectivity index (χ1) is 6.61. The number of thiol groups is 1. The van der Waals surface area contributed by atoms with Crippen LogP contribution in [0, 0.1) is 10.1 Å². The van der Waals surface area contributed by atoms with E-state index in [-0.39, 0.29) is 5.69 Å². The van der Waals surface area contributed by atoms with E-state index >= 15 is 0 Å². The number of nitro groups is 1. The molecule has 0 atom stereocenters. The highest BCUT2D eigenvalue weighted by molar-refractivity contribution is 7.80. The van der Waals surface area contributed by atoms with Crippen LogP contribution in [0.2, 0.25) is 0 Å². The molecule has 6 heteroatoms. The van der Waals surface area contributed by atoms with E-state index in [9.17, 15) is 10.1 Å². The highest BCUT2D eigenvalue weighted by Gasteiger charge is 2.16. The monoisotopic (exact) mass is 226 g/mol. The summed E-state index contributed by atoms with van der Waals surface area (Å²) in [7, 11) is 0. The third-order valence-corrected chi connectivity index (χ3v) is 3.25. The summed E-state index contributed by atoms with van der Waals surface area (Å²) in [5.41, 5.74) is 6.30. The van der Waals surface area contributed by atoms with Crippen LogP contribution < -0.4 is 5.73 Å². The van der Waals surface area contributed by atoms with Crippen LogP contribution in [0.5, 0.6) is 0 Å². The summed E-state index contributed by atoms with van der Waals surface area (Å²) in [6, 6.07) is 3.08. The van der Waals surface area contributed by atoms with Gasteiger partial charge in [0, 0.05) is 11.0 Å². The number of benzene rings is 1. The molecule has 2 N–H and O–H groups in total. The molecule has 0 saturated heterocycles. The number of rotatable bonds is 1. The first kappa shape index (κ1) is 9.29. The van der Waals surface area contributed by atoms with Crippen molar-refractivity contribution < 1.29 is 4.92 Å². The van der Waals surface area contributed by atoms with Gasteiger partial charge in [-0.3, -0.25) is 10.1 Å². The first-order valence-electron chi connectivity index (χ1n) is 3.74.